The molecule has 0 amide bonds. The van der Waals surface area contributed by atoms with E-state index in [2.05, 4.69) is 16.0 Å². The summed E-state index contributed by atoms with van der Waals surface area (Å²) in [6.07, 6.45) is 0.181. The largest absolute Gasteiger partial charge is 0.433 e. The van der Waals surface area contributed by atoms with E-state index in [0.29, 0.717) is 11.3 Å². The minimum absolute atomic E-state index is 0.0268. The van der Waals surface area contributed by atoms with Crippen LogP contribution in [0.1, 0.15) is 16.8 Å². The molecule has 3 rings (SSSR count). The first-order valence-electron chi connectivity index (χ1n) is 6.51. The molecule has 116 valence electrons. The Kier molecular flexibility index (Phi) is 3.96. The van der Waals surface area contributed by atoms with E-state index in [-0.39, 0.29) is 5.16 Å². The number of pyridine rings is 1. The summed E-state index contributed by atoms with van der Waals surface area (Å²) in [4.78, 5) is 7.35. The summed E-state index contributed by atoms with van der Waals surface area (Å²) in [7, 11) is 0. The Morgan fingerprint density at radius 2 is 2.09 bits per heavy atom. The zero-order valence-corrected chi connectivity index (χ0v) is 12.4. The van der Waals surface area contributed by atoms with E-state index in [1.165, 1.54) is 0 Å². The normalized spacial score (nSPS) is 11.6. The Balaban J connectivity index is 1.86. The number of hydrogen-bond donors (Lipinski definition) is 0. The van der Waals surface area contributed by atoms with Crippen LogP contribution in [0, 0.1) is 11.3 Å². The zero-order chi connectivity index (χ0) is 16.4. The van der Waals surface area contributed by atoms with Gasteiger partial charge in [0.2, 0.25) is 0 Å². The van der Waals surface area contributed by atoms with Crippen LogP contribution in [0.4, 0.5) is 13.2 Å². The summed E-state index contributed by atoms with van der Waals surface area (Å²) in [6, 6.07) is 8.44. The lowest BCUT2D eigenvalue weighted by Gasteiger charge is -2.06. The van der Waals surface area contributed by atoms with E-state index in [1.807, 2.05) is 24.4 Å². The molecule has 0 aliphatic carbocycles. The molecule has 0 N–H and O–H groups in total. The molecule has 0 atom stereocenters. The Morgan fingerprint density at radius 1 is 1.26 bits per heavy atom. The fourth-order valence-electron chi connectivity index (χ4n) is 2.13. The number of halogens is 3. The van der Waals surface area contributed by atoms with Crippen LogP contribution < -0.4 is 0 Å². The zero-order valence-electron chi connectivity index (χ0n) is 11.6. The molecule has 3 aromatic heterocycles. The van der Waals surface area contributed by atoms with Crippen LogP contribution in [0.15, 0.2) is 48.0 Å². The van der Waals surface area contributed by atoms with Crippen molar-refractivity contribution in [2.75, 3.05) is 0 Å². The number of nitriles is 1. The number of aromatic nitrogens is 3. The molecule has 3 aromatic rings. The van der Waals surface area contributed by atoms with E-state index in [4.69, 9.17) is 0 Å². The van der Waals surface area contributed by atoms with Crippen molar-refractivity contribution in [3.8, 4) is 6.07 Å². The summed E-state index contributed by atoms with van der Waals surface area (Å²) < 4.78 is 39.7. The predicted octanol–water partition coefficient (Wildman–Crippen LogP) is 3.91. The molecule has 0 aliphatic heterocycles. The number of nitrogens with zero attached hydrogens (tertiary/aromatic N) is 4. The Hall–Kier alpha value is -2.53. The van der Waals surface area contributed by atoms with Crippen LogP contribution in [0.5, 0.6) is 0 Å². The monoisotopic (exact) mass is 334 g/mol. The fraction of sp³-hybridized carbons (Fsp3) is 0.133. The number of rotatable bonds is 3. The number of hydrogen-bond acceptors (Lipinski definition) is 4. The van der Waals surface area contributed by atoms with Crippen molar-refractivity contribution < 1.29 is 13.2 Å². The van der Waals surface area contributed by atoms with Gasteiger partial charge in [0.1, 0.15) is 11.8 Å². The smallest absolute Gasteiger partial charge is 0.322 e. The van der Waals surface area contributed by atoms with Gasteiger partial charge in [-0.15, -0.1) is 0 Å². The molecular formula is C15H9F3N4S. The third-order valence-corrected chi connectivity index (χ3v) is 4.06. The highest BCUT2D eigenvalue weighted by Gasteiger charge is 2.32. The standard InChI is InChI=1S/C15H9F3N4S/c16-15(17,18)13-4-5-20-14(21-13)23-9-10-8-22-6-2-1-3-12(22)11(10)7-19/h1-6,8H,9H2. The lowest BCUT2D eigenvalue weighted by molar-refractivity contribution is -0.141. The molecule has 0 radical (unpaired) electrons. The van der Waals surface area contributed by atoms with Crippen molar-refractivity contribution in [3.05, 3.63) is 59.7 Å². The van der Waals surface area contributed by atoms with Gasteiger partial charge in [-0.2, -0.15) is 18.4 Å². The fourth-order valence-corrected chi connectivity index (χ4v) is 2.93. The lowest BCUT2D eigenvalue weighted by atomic mass is 10.2. The van der Waals surface area contributed by atoms with Crippen molar-refractivity contribution in [3.63, 3.8) is 0 Å². The summed E-state index contributed by atoms with van der Waals surface area (Å²) in [5.74, 6) is 0.311. The first kappa shape index (κ1) is 15.4. The van der Waals surface area contributed by atoms with Crippen molar-refractivity contribution in [1.29, 1.82) is 5.26 Å². The first-order valence-corrected chi connectivity index (χ1v) is 7.49. The van der Waals surface area contributed by atoms with Crippen molar-refractivity contribution >= 4 is 17.3 Å². The second-order valence-electron chi connectivity index (χ2n) is 4.65. The molecule has 0 unspecified atom stereocenters. The van der Waals surface area contributed by atoms with Gasteiger partial charge in [-0.05, 0) is 23.8 Å². The third kappa shape index (κ3) is 3.14. The molecular weight excluding hydrogens is 325 g/mol. The van der Waals surface area contributed by atoms with Gasteiger partial charge in [-0.1, -0.05) is 17.8 Å². The second kappa shape index (κ2) is 5.93. The Labute approximate surface area is 133 Å². The van der Waals surface area contributed by atoms with Crippen molar-refractivity contribution in [2.24, 2.45) is 0 Å². The van der Waals surface area contributed by atoms with Gasteiger partial charge in [0.25, 0.3) is 0 Å². The van der Waals surface area contributed by atoms with Crippen LogP contribution in [-0.4, -0.2) is 14.4 Å². The number of thioether (sulfide) groups is 1. The molecule has 23 heavy (non-hydrogen) atoms. The van der Waals surface area contributed by atoms with Gasteiger partial charge >= 0.3 is 6.18 Å². The summed E-state index contributed by atoms with van der Waals surface area (Å²) in [5.41, 5.74) is 1.02. The van der Waals surface area contributed by atoms with E-state index in [0.717, 1.165) is 35.1 Å². The third-order valence-electron chi connectivity index (χ3n) is 3.15. The SMILES string of the molecule is N#Cc1c(CSc2nccc(C(F)(F)F)n2)cn2ccccc12. The van der Waals surface area contributed by atoms with Gasteiger partial charge in [-0.3, -0.25) is 0 Å². The molecule has 3 heterocycles. The Bertz CT molecular complexity index is 896. The maximum absolute atomic E-state index is 12.6. The van der Waals surface area contributed by atoms with Gasteiger partial charge < -0.3 is 4.40 Å². The number of alkyl halides is 3. The molecule has 8 heteroatoms. The quantitative estimate of drug-likeness (QED) is 0.538. The minimum Gasteiger partial charge on any atom is -0.322 e. The van der Waals surface area contributed by atoms with Crippen molar-refractivity contribution in [1.82, 2.24) is 14.4 Å². The molecule has 0 saturated carbocycles. The predicted molar refractivity (Wildman–Crippen MR) is 78.7 cm³/mol. The molecule has 0 fully saturated rings. The molecule has 0 spiro atoms. The van der Waals surface area contributed by atoms with E-state index in [1.54, 1.807) is 10.6 Å². The minimum atomic E-state index is -4.50. The van der Waals surface area contributed by atoms with Crippen LogP contribution in [0.25, 0.3) is 5.52 Å². The summed E-state index contributed by atoms with van der Waals surface area (Å²) in [6.45, 7) is 0. The van der Waals surface area contributed by atoms with Crippen molar-refractivity contribution in [2.45, 2.75) is 17.1 Å². The van der Waals surface area contributed by atoms with Crippen LogP contribution >= 0.6 is 11.8 Å². The lowest BCUT2D eigenvalue weighted by Crippen LogP contribution is -2.08. The highest BCUT2D eigenvalue weighted by molar-refractivity contribution is 7.98. The average molecular weight is 334 g/mol. The van der Waals surface area contributed by atoms with Gasteiger partial charge in [0.05, 0.1) is 11.1 Å². The van der Waals surface area contributed by atoms with E-state index < -0.39 is 11.9 Å². The molecule has 0 aromatic carbocycles. The molecule has 0 bridgehead atoms. The van der Waals surface area contributed by atoms with Gasteiger partial charge in [0.15, 0.2) is 5.16 Å². The molecule has 0 aliphatic rings. The summed E-state index contributed by atoms with van der Waals surface area (Å²) >= 11 is 1.06. The topological polar surface area (TPSA) is 54.0 Å². The summed E-state index contributed by atoms with van der Waals surface area (Å²) in [5, 5.41) is 9.33. The second-order valence-corrected chi connectivity index (χ2v) is 5.59. The van der Waals surface area contributed by atoms with Gasteiger partial charge in [0, 0.05) is 24.3 Å². The molecule has 0 saturated heterocycles. The maximum Gasteiger partial charge on any atom is 0.433 e. The molecule has 4 nitrogen and oxygen atoms in total. The van der Waals surface area contributed by atoms with E-state index in [9.17, 15) is 18.4 Å². The first-order chi connectivity index (χ1) is 11.0. The highest BCUT2D eigenvalue weighted by atomic mass is 32.2. The van der Waals surface area contributed by atoms with Gasteiger partial charge in [-0.25, -0.2) is 9.97 Å². The average Bonchev–Trinajstić information content (AvgIpc) is 2.90. The Morgan fingerprint density at radius 3 is 2.83 bits per heavy atom. The number of fused-ring (bicyclic) bond motifs is 1. The van der Waals surface area contributed by atoms with E-state index >= 15 is 0 Å². The van der Waals surface area contributed by atoms with Crippen LogP contribution in [0.2, 0.25) is 0 Å². The van der Waals surface area contributed by atoms with Crippen LogP contribution in [0.3, 0.4) is 0 Å². The maximum atomic E-state index is 12.6. The van der Waals surface area contributed by atoms with Crippen LogP contribution in [-0.2, 0) is 11.9 Å². The highest BCUT2D eigenvalue weighted by Crippen LogP contribution is 2.30.